The second kappa shape index (κ2) is 7.35. The lowest BCUT2D eigenvalue weighted by atomic mass is 10.0. The SMILES string of the molecule is N#Cc1ccccc1-c1ccc(CN2CCC(N3CCCC3=O)CC2)o1. The second-order valence-electron chi connectivity index (χ2n) is 7.12. The summed E-state index contributed by atoms with van der Waals surface area (Å²) in [6.45, 7) is 3.68. The van der Waals surface area contributed by atoms with Crippen molar-refractivity contribution in [3.8, 4) is 17.4 Å². The molecule has 1 aromatic carbocycles. The predicted molar refractivity (Wildman–Crippen MR) is 98.1 cm³/mol. The molecule has 4 rings (SSSR count). The molecule has 1 aromatic heterocycles. The van der Waals surface area contributed by atoms with Crippen LogP contribution in [0.2, 0.25) is 0 Å². The first-order valence-electron chi connectivity index (χ1n) is 9.34. The van der Waals surface area contributed by atoms with Gasteiger partial charge in [-0.15, -0.1) is 0 Å². The Labute approximate surface area is 153 Å². The monoisotopic (exact) mass is 349 g/mol. The molecule has 1 amide bonds. The zero-order valence-electron chi connectivity index (χ0n) is 14.9. The Hall–Kier alpha value is -2.58. The third-order valence-corrected chi connectivity index (χ3v) is 5.46. The summed E-state index contributed by atoms with van der Waals surface area (Å²) in [6, 6.07) is 14.1. The number of carbonyl (C=O) groups is 1. The number of hydrogen-bond donors (Lipinski definition) is 0. The zero-order chi connectivity index (χ0) is 17.9. The average molecular weight is 349 g/mol. The molecule has 134 valence electrons. The van der Waals surface area contributed by atoms with Crippen molar-refractivity contribution in [2.24, 2.45) is 0 Å². The van der Waals surface area contributed by atoms with Crippen molar-refractivity contribution in [2.75, 3.05) is 19.6 Å². The summed E-state index contributed by atoms with van der Waals surface area (Å²) in [7, 11) is 0. The highest BCUT2D eigenvalue weighted by atomic mass is 16.3. The van der Waals surface area contributed by atoms with Crippen LogP contribution in [0.4, 0.5) is 0 Å². The van der Waals surface area contributed by atoms with Gasteiger partial charge in [-0.2, -0.15) is 5.26 Å². The lowest BCUT2D eigenvalue weighted by molar-refractivity contribution is -0.130. The summed E-state index contributed by atoms with van der Waals surface area (Å²) in [4.78, 5) is 16.4. The molecule has 0 unspecified atom stereocenters. The van der Waals surface area contributed by atoms with E-state index in [1.165, 1.54) is 0 Å². The average Bonchev–Trinajstić information content (AvgIpc) is 3.31. The number of nitrogens with zero attached hydrogens (tertiary/aromatic N) is 3. The van der Waals surface area contributed by atoms with E-state index in [0.717, 1.165) is 68.9 Å². The molecular weight excluding hydrogens is 326 g/mol. The Balaban J connectivity index is 1.37. The number of amides is 1. The minimum Gasteiger partial charge on any atom is -0.460 e. The lowest BCUT2D eigenvalue weighted by Crippen LogP contribution is -2.45. The first-order chi connectivity index (χ1) is 12.7. The molecule has 0 N–H and O–H groups in total. The Morgan fingerprint density at radius 3 is 2.65 bits per heavy atom. The van der Waals surface area contributed by atoms with Crippen LogP contribution in [0.3, 0.4) is 0 Å². The topological polar surface area (TPSA) is 60.5 Å². The summed E-state index contributed by atoms with van der Waals surface area (Å²) in [6.07, 6.45) is 3.81. The van der Waals surface area contributed by atoms with Crippen molar-refractivity contribution in [3.05, 3.63) is 47.7 Å². The van der Waals surface area contributed by atoms with E-state index in [4.69, 9.17) is 4.42 Å². The molecule has 0 radical (unpaired) electrons. The fraction of sp³-hybridized carbons (Fsp3) is 0.429. The first kappa shape index (κ1) is 16.9. The normalized spacial score (nSPS) is 19.0. The number of rotatable bonds is 4. The van der Waals surface area contributed by atoms with Crippen LogP contribution >= 0.6 is 0 Å². The number of furan rings is 1. The molecular formula is C21H23N3O2. The summed E-state index contributed by atoms with van der Waals surface area (Å²) >= 11 is 0. The largest absolute Gasteiger partial charge is 0.460 e. The summed E-state index contributed by atoms with van der Waals surface area (Å²) in [5, 5.41) is 9.25. The minimum absolute atomic E-state index is 0.329. The van der Waals surface area contributed by atoms with Crippen LogP contribution in [0.15, 0.2) is 40.8 Å². The van der Waals surface area contributed by atoms with Crippen molar-refractivity contribution in [3.63, 3.8) is 0 Å². The number of piperidine rings is 1. The predicted octanol–water partition coefficient (Wildman–Crippen LogP) is 3.41. The van der Waals surface area contributed by atoms with Crippen LogP contribution in [0.25, 0.3) is 11.3 Å². The fourth-order valence-corrected chi connectivity index (χ4v) is 4.07. The van der Waals surface area contributed by atoms with E-state index in [1.807, 2.05) is 36.4 Å². The quantitative estimate of drug-likeness (QED) is 0.849. The van der Waals surface area contributed by atoms with E-state index in [-0.39, 0.29) is 0 Å². The maximum absolute atomic E-state index is 11.9. The van der Waals surface area contributed by atoms with Gasteiger partial charge in [-0.3, -0.25) is 9.69 Å². The molecule has 0 saturated carbocycles. The van der Waals surface area contributed by atoms with Gasteiger partial charge in [0, 0.05) is 37.7 Å². The van der Waals surface area contributed by atoms with Crippen molar-refractivity contribution >= 4 is 5.91 Å². The van der Waals surface area contributed by atoms with Crippen LogP contribution < -0.4 is 0 Å². The van der Waals surface area contributed by atoms with Crippen LogP contribution in [0, 0.1) is 11.3 Å². The molecule has 0 spiro atoms. The standard InChI is InChI=1S/C21H23N3O2/c22-14-16-4-1-2-5-19(16)20-8-7-18(26-20)15-23-12-9-17(10-13-23)24-11-3-6-21(24)25/h1-2,4-5,7-8,17H,3,6,9-13,15H2. The summed E-state index contributed by atoms with van der Waals surface area (Å²) in [5.41, 5.74) is 1.47. The first-order valence-corrected chi connectivity index (χ1v) is 9.34. The van der Waals surface area contributed by atoms with Crippen molar-refractivity contribution in [1.82, 2.24) is 9.80 Å². The fourth-order valence-electron chi connectivity index (χ4n) is 4.07. The van der Waals surface area contributed by atoms with Crippen LogP contribution in [-0.4, -0.2) is 41.4 Å². The highest BCUT2D eigenvalue weighted by Gasteiger charge is 2.30. The molecule has 2 aliphatic heterocycles. The maximum Gasteiger partial charge on any atom is 0.222 e. The minimum atomic E-state index is 0.329. The van der Waals surface area contributed by atoms with Gasteiger partial charge in [0.25, 0.3) is 0 Å². The molecule has 5 nitrogen and oxygen atoms in total. The van der Waals surface area contributed by atoms with E-state index in [2.05, 4.69) is 15.9 Å². The Morgan fingerprint density at radius 1 is 1.12 bits per heavy atom. The molecule has 2 fully saturated rings. The van der Waals surface area contributed by atoms with Gasteiger partial charge in [0.2, 0.25) is 5.91 Å². The summed E-state index contributed by atoms with van der Waals surface area (Å²) in [5.74, 6) is 1.99. The van der Waals surface area contributed by atoms with Crippen molar-refractivity contribution in [2.45, 2.75) is 38.3 Å². The van der Waals surface area contributed by atoms with Gasteiger partial charge in [-0.1, -0.05) is 12.1 Å². The molecule has 5 heteroatoms. The number of benzene rings is 1. The molecule has 0 atom stereocenters. The van der Waals surface area contributed by atoms with Gasteiger partial charge in [0.1, 0.15) is 11.5 Å². The van der Waals surface area contributed by atoms with Crippen molar-refractivity contribution in [1.29, 1.82) is 5.26 Å². The van der Waals surface area contributed by atoms with E-state index >= 15 is 0 Å². The lowest BCUT2D eigenvalue weighted by Gasteiger charge is -2.36. The van der Waals surface area contributed by atoms with Crippen LogP contribution in [0.1, 0.15) is 37.0 Å². The highest BCUT2D eigenvalue weighted by molar-refractivity contribution is 5.78. The molecule has 3 heterocycles. The van der Waals surface area contributed by atoms with Gasteiger partial charge in [0.15, 0.2) is 0 Å². The van der Waals surface area contributed by atoms with Gasteiger partial charge >= 0.3 is 0 Å². The Bertz CT molecular complexity index is 828. The number of nitriles is 1. The summed E-state index contributed by atoms with van der Waals surface area (Å²) < 4.78 is 6.00. The molecule has 0 aliphatic carbocycles. The molecule has 2 aromatic rings. The number of carbonyl (C=O) groups excluding carboxylic acids is 1. The van der Waals surface area contributed by atoms with E-state index in [1.54, 1.807) is 0 Å². The van der Waals surface area contributed by atoms with Crippen molar-refractivity contribution < 1.29 is 9.21 Å². The third kappa shape index (κ3) is 3.38. The molecule has 0 bridgehead atoms. The van der Waals surface area contributed by atoms with Gasteiger partial charge in [0.05, 0.1) is 18.2 Å². The highest BCUT2D eigenvalue weighted by Crippen LogP contribution is 2.27. The van der Waals surface area contributed by atoms with Gasteiger partial charge in [-0.25, -0.2) is 0 Å². The van der Waals surface area contributed by atoms with E-state index in [0.29, 0.717) is 17.5 Å². The number of likely N-dealkylation sites (tertiary alicyclic amines) is 2. The van der Waals surface area contributed by atoms with Gasteiger partial charge in [-0.05, 0) is 43.5 Å². The second-order valence-corrected chi connectivity index (χ2v) is 7.12. The van der Waals surface area contributed by atoms with Gasteiger partial charge < -0.3 is 9.32 Å². The Kier molecular flexibility index (Phi) is 4.77. The molecule has 2 aliphatic rings. The van der Waals surface area contributed by atoms with Crippen LogP contribution in [-0.2, 0) is 11.3 Å². The molecule has 26 heavy (non-hydrogen) atoms. The smallest absolute Gasteiger partial charge is 0.222 e. The van der Waals surface area contributed by atoms with Crippen LogP contribution in [0.5, 0.6) is 0 Å². The zero-order valence-corrected chi connectivity index (χ0v) is 14.9. The third-order valence-electron chi connectivity index (χ3n) is 5.46. The maximum atomic E-state index is 11.9. The Morgan fingerprint density at radius 2 is 1.92 bits per heavy atom. The van der Waals surface area contributed by atoms with E-state index in [9.17, 15) is 10.1 Å². The molecule has 2 saturated heterocycles. The van der Waals surface area contributed by atoms with E-state index < -0.39 is 0 Å². The number of hydrogen-bond acceptors (Lipinski definition) is 4.